The van der Waals surface area contributed by atoms with Gasteiger partial charge in [0.2, 0.25) is 0 Å². The van der Waals surface area contributed by atoms with E-state index in [1.807, 2.05) is 7.11 Å². The summed E-state index contributed by atoms with van der Waals surface area (Å²) in [5, 5.41) is 0. The molecule has 0 spiro atoms. The second-order valence-corrected chi connectivity index (χ2v) is 22.3. The molecular weight excluding hydrogens is 721 g/mol. The summed E-state index contributed by atoms with van der Waals surface area (Å²) in [7, 11) is 1.89. The van der Waals surface area contributed by atoms with Gasteiger partial charge in [-0.05, 0) is 180 Å². The molecule has 0 aromatic rings. The van der Waals surface area contributed by atoms with Crippen LogP contribution in [0, 0.1) is 71.0 Å². The lowest BCUT2D eigenvalue weighted by molar-refractivity contribution is -0.0286. The Morgan fingerprint density at radius 2 is 0.661 bits per heavy atom. The van der Waals surface area contributed by atoms with Gasteiger partial charge < -0.3 is 14.2 Å². The minimum Gasteiger partial charge on any atom is -0.381 e. The first-order valence-corrected chi connectivity index (χ1v) is 27.5. The van der Waals surface area contributed by atoms with Gasteiger partial charge in [-0.15, -0.1) is 0 Å². The maximum absolute atomic E-state index is 6.12. The highest BCUT2D eigenvalue weighted by Gasteiger charge is 2.37. The van der Waals surface area contributed by atoms with E-state index in [0.29, 0.717) is 18.3 Å². The van der Waals surface area contributed by atoms with E-state index in [0.717, 1.165) is 90.6 Å². The van der Waals surface area contributed by atoms with Gasteiger partial charge in [0.25, 0.3) is 0 Å². The minimum atomic E-state index is 0.540. The summed E-state index contributed by atoms with van der Waals surface area (Å²) in [6, 6.07) is 0. The van der Waals surface area contributed by atoms with Crippen molar-refractivity contribution in [3.63, 3.8) is 0 Å². The smallest absolute Gasteiger partial charge is 0.0600 e. The van der Waals surface area contributed by atoms with Crippen LogP contribution in [0.5, 0.6) is 0 Å². The molecule has 0 bridgehead atoms. The predicted molar refractivity (Wildman–Crippen MR) is 256 cm³/mol. The van der Waals surface area contributed by atoms with Gasteiger partial charge in [0.1, 0.15) is 0 Å². The molecule has 0 N–H and O–H groups in total. The van der Waals surface area contributed by atoms with Gasteiger partial charge in [-0.25, -0.2) is 0 Å². The number of rotatable bonds is 17. The molecule has 3 heteroatoms. The lowest BCUT2D eigenvalue weighted by atomic mass is 9.68. The molecule has 0 aromatic carbocycles. The Balaban J connectivity index is 0.000000196. The fourth-order valence-electron chi connectivity index (χ4n) is 14.1. The third-order valence-electron chi connectivity index (χ3n) is 17.8. The zero-order chi connectivity index (χ0) is 42.4. The Bertz CT molecular complexity index is 1000. The molecule has 59 heavy (non-hydrogen) atoms. The first-order valence-electron chi connectivity index (χ1n) is 27.5. The molecule has 0 aromatic heterocycles. The van der Waals surface area contributed by atoms with E-state index >= 15 is 0 Å². The molecule has 9 unspecified atom stereocenters. The lowest BCUT2D eigenvalue weighted by Gasteiger charge is -2.40. The van der Waals surface area contributed by atoms with Crippen LogP contribution in [-0.4, -0.2) is 38.6 Å². The van der Waals surface area contributed by atoms with Crippen molar-refractivity contribution in [3.05, 3.63) is 0 Å². The molecule has 6 rings (SSSR count). The van der Waals surface area contributed by atoms with Crippen molar-refractivity contribution in [2.24, 2.45) is 71.0 Å². The Morgan fingerprint density at radius 3 is 0.949 bits per heavy atom. The number of methoxy groups -OCH3 is 1. The Morgan fingerprint density at radius 1 is 0.339 bits per heavy atom. The zero-order valence-electron chi connectivity index (χ0n) is 41.5. The van der Waals surface area contributed by atoms with Crippen LogP contribution in [0.15, 0.2) is 0 Å². The molecule has 6 aliphatic carbocycles. The maximum Gasteiger partial charge on any atom is 0.0600 e. The number of ether oxygens (including phenoxy) is 3. The molecule has 0 aliphatic heterocycles. The van der Waals surface area contributed by atoms with Crippen LogP contribution in [-0.2, 0) is 14.2 Å². The van der Waals surface area contributed by atoms with Crippen molar-refractivity contribution in [2.45, 2.75) is 266 Å². The molecular formula is C56H106O3. The Hall–Kier alpha value is -0.120. The van der Waals surface area contributed by atoms with Crippen molar-refractivity contribution >= 4 is 0 Å². The van der Waals surface area contributed by atoms with Crippen LogP contribution in [0.4, 0.5) is 0 Å². The van der Waals surface area contributed by atoms with Gasteiger partial charge in [-0.1, -0.05) is 139 Å². The van der Waals surface area contributed by atoms with E-state index in [1.165, 1.54) is 186 Å². The number of hydrogen-bond donors (Lipinski definition) is 0. The second-order valence-electron chi connectivity index (χ2n) is 22.3. The maximum atomic E-state index is 6.12. The van der Waals surface area contributed by atoms with Crippen molar-refractivity contribution in [2.75, 3.05) is 20.3 Å². The quantitative estimate of drug-likeness (QED) is 0.137. The standard InChI is InChI=1S/C20H38O.C19H36O.C17H32O/c1-4-6-14-21-20-13-12-19(15-16(20)3)18-10-8-17(7-5-2)9-11-18;1-4-6-16-7-9-17(10-8-16)18-11-12-19(15(3)14-18)20-13-5-2;1-4-5-14-6-8-15(9-7-14)16-10-11-17(18-3)13(2)12-16/h16-20H,4-15H2,1-3H3;15-19H,4-14H2,1-3H3;13-17H,4-12H2,1-3H3/t16?,17-,18-,19?,20?;15?,16-,17-,18?,19?;13?,14-,15-,16?,17?. The van der Waals surface area contributed by atoms with Gasteiger partial charge >= 0.3 is 0 Å². The molecule has 3 nitrogen and oxygen atoms in total. The highest BCUT2D eigenvalue weighted by molar-refractivity contribution is 4.88. The summed E-state index contributed by atoms with van der Waals surface area (Å²) in [5.74, 6) is 11.7. The summed E-state index contributed by atoms with van der Waals surface area (Å²) in [6.07, 6.45) is 44.5. The Kier molecular flexibility index (Phi) is 25.6. The highest BCUT2D eigenvalue weighted by atomic mass is 16.5. The second kappa shape index (κ2) is 29.3. The average molecular weight is 827 g/mol. The molecule has 0 heterocycles. The van der Waals surface area contributed by atoms with Crippen LogP contribution in [0.2, 0.25) is 0 Å². The average Bonchev–Trinajstić information content (AvgIpc) is 3.25. The highest BCUT2D eigenvalue weighted by Crippen LogP contribution is 2.46. The molecule has 9 atom stereocenters. The van der Waals surface area contributed by atoms with Crippen LogP contribution in [0.3, 0.4) is 0 Å². The zero-order valence-corrected chi connectivity index (χ0v) is 41.5. The van der Waals surface area contributed by atoms with E-state index in [1.54, 1.807) is 0 Å². The fourth-order valence-corrected chi connectivity index (χ4v) is 14.1. The third-order valence-corrected chi connectivity index (χ3v) is 17.8. The van der Waals surface area contributed by atoms with Gasteiger partial charge in [0, 0.05) is 20.3 Å². The van der Waals surface area contributed by atoms with E-state index < -0.39 is 0 Å². The van der Waals surface area contributed by atoms with E-state index in [-0.39, 0.29) is 0 Å². The van der Waals surface area contributed by atoms with Gasteiger partial charge in [-0.3, -0.25) is 0 Å². The molecule has 348 valence electrons. The summed E-state index contributed by atoms with van der Waals surface area (Å²) in [4.78, 5) is 0. The summed E-state index contributed by atoms with van der Waals surface area (Å²) in [6.45, 7) is 20.7. The van der Waals surface area contributed by atoms with Gasteiger partial charge in [0.15, 0.2) is 0 Å². The normalized spacial score (nSPS) is 39.3. The summed E-state index contributed by atoms with van der Waals surface area (Å²) < 4.78 is 17.7. The lowest BCUT2D eigenvalue weighted by Crippen LogP contribution is -2.34. The van der Waals surface area contributed by atoms with Crippen molar-refractivity contribution < 1.29 is 14.2 Å². The van der Waals surface area contributed by atoms with Crippen molar-refractivity contribution in [1.82, 2.24) is 0 Å². The Labute approximate surface area is 370 Å². The number of unbranched alkanes of at least 4 members (excludes halogenated alkanes) is 1. The molecule has 0 radical (unpaired) electrons. The predicted octanol–water partition coefficient (Wildman–Crippen LogP) is 17.1. The van der Waals surface area contributed by atoms with Gasteiger partial charge in [-0.2, -0.15) is 0 Å². The van der Waals surface area contributed by atoms with Gasteiger partial charge in [0.05, 0.1) is 18.3 Å². The topological polar surface area (TPSA) is 27.7 Å². The summed E-state index contributed by atoms with van der Waals surface area (Å²) in [5.41, 5.74) is 0. The van der Waals surface area contributed by atoms with E-state index in [9.17, 15) is 0 Å². The fraction of sp³-hybridized carbons (Fsp3) is 1.00. The van der Waals surface area contributed by atoms with Crippen LogP contribution in [0.1, 0.15) is 248 Å². The SMILES string of the molecule is CCCCOC1CCC([C@H]2CC[C@H](CCC)CC2)CC1C.CCCOC1CCC([C@H]2CC[C@H](CCC)CC2)CC1C.CCC[C@H]1CC[C@H](C2CCC(OC)C(C)C2)CC1. The van der Waals surface area contributed by atoms with Crippen LogP contribution < -0.4 is 0 Å². The van der Waals surface area contributed by atoms with Crippen LogP contribution >= 0.6 is 0 Å². The summed E-state index contributed by atoms with van der Waals surface area (Å²) >= 11 is 0. The van der Waals surface area contributed by atoms with Crippen LogP contribution in [0.25, 0.3) is 0 Å². The molecule has 6 fully saturated rings. The monoisotopic (exact) mass is 827 g/mol. The van der Waals surface area contributed by atoms with E-state index in [2.05, 4.69) is 55.4 Å². The van der Waals surface area contributed by atoms with E-state index in [4.69, 9.17) is 14.2 Å². The largest absolute Gasteiger partial charge is 0.381 e. The molecule has 0 saturated heterocycles. The molecule has 6 aliphatic rings. The molecule has 0 amide bonds. The number of hydrogen-bond acceptors (Lipinski definition) is 3. The van der Waals surface area contributed by atoms with Crippen molar-refractivity contribution in [3.8, 4) is 0 Å². The van der Waals surface area contributed by atoms with Crippen molar-refractivity contribution in [1.29, 1.82) is 0 Å². The third kappa shape index (κ3) is 17.8. The first kappa shape index (κ1) is 51.5. The molecule has 6 saturated carbocycles. The minimum absolute atomic E-state index is 0.540. The first-order chi connectivity index (χ1) is 28.7.